The van der Waals surface area contributed by atoms with Gasteiger partial charge in [-0.05, 0) is 44.6 Å². The van der Waals surface area contributed by atoms with Crippen molar-refractivity contribution in [3.63, 3.8) is 0 Å². The van der Waals surface area contributed by atoms with E-state index in [0.717, 1.165) is 12.8 Å². The van der Waals surface area contributed by atoms with Gasteiger partial charge in [-0.2, -0.15) is 0 Å². The van der Waals surface area contributed by atoms with Crippen molar-refractivity contribution in [3.8, 4) is 0 Å². The third kappa shape index (κ3) is 16.6. The number of unbranched alkanes of at least 4 members (excludes halogenated alkanes) is 3. The zero-order chi connectivity index (χ0) is 17.9. The van der Waals surface area contributed by atoms with Crippen LogP contribution in [0.4, 0.5) is 0 Å². The Bertz CT molecular complexity index is 419. The number of rotatable bonds is 15. The average Bonchev–Trinajstić information content (AvgIpc) is 2.57. The Morgan fingerprint density at radius 3 is 2.08 bits per heavy atom. The third-order valence-electron chi connectivity index (χ3n) is 3.43. The van der Waals surface area contributed by atoms with Gasteiger partial charge in [-0.15, -0.1) is 0 Å². The molecule has 0 amide bonds. The molecular formula is C20H32O4. The van der Waals surface area contributed by atoms with Gasteiger partial charge in [0.1, 0.15) is 5.76 Å². The zero-order valence-electron chi connectivity index (χ0n) is 14.8. The third-order valence-corrected chi connectivity index (χ3v) is 3.43. The maximum Gasteiger partial charge on any atom is 0.303 e. The first-order valence-corrected chi connectivity index (χ1v) is 8.88. The molecule has 0 aliphatic carbocycles. The highest BCUT2D eigenvalue weighted by Gasteiger charge is 2.01. The summed E-state index contributed by atoms with van der Waals surface area (Å²) in [6, 6.07) is 0. The molecule has 0 aliphatic heterocycles. The minimum absolute atomic E-state index is 0.0778. The van der Waals surface area contributed by atoms with Gasteiger partial charge in [-0.3, -0.25) is 4.79 Å². The second-order valence-corrected chi connectivity index (χ2v) is 5.63. The van der Waals surface area contributed by atoms with Crippen molar-refractivity contribution in [2.75, 3.05) is 0 Å². The molecule has 2 N–H and O–H groups in total. The highest BCUT2D eigenvalue weighted by Crippen LogP contribution is 2.09. The fourth-order valence-electron chi connectivity index (χ4n) is 2.07. The largest absolute Gasteiger partial charge is 0.481 e. The van der Waals surface area contributed by atoms with Crippen LogP contribution in [0.2, 0.25) is 0 Å². The first kappa shape index (κ1) is 22.2. The Morgan fingerprint density at radius 1 is 0.875 bits per heavy atom. The summed E-state index contributed by atoms with van der Waals surface area (Å²) in [5.74, 6) is -0.417. The smallest absolute Gasteiger partial charge is 0.303 e. The number of carboxylic acids is 1. The lowest BCUT2D eigenvalue weighted by Crippen LogP contribution is -1.95. The topological polar surface area (TPSA) is 66.8 Å². The van der Waals surface area contributed by atoms with Crippen molar-refractivity contribution in [1.29, 1.82) is 0 Å². The molecule has 0 heterocycles. The fraction of sp³-hybridized carbons (Fsp3) is 0.550. The summed E-state index contributed by atoms with van der Waals surface area (Å²) in [6.45, 7) is 2.22. The molecule has 0 radical (unpaired) electrons. The lowest BCUT2D eigenvalue weighted by molar-refractivity contribution is -0.206. The van der Waals surface area contributed by atoms with Crippen LogP contribution in [0.1, 0.15) is 71.1 Å². The van der Waals surface area contributed by atoms with Crippen LogP contribution >= 0.6 is 0 Å². The Morgan fingerprint density at radius 2 is 1.50 bits per heavy atom. The Kier molecular flexibility index (Phi) is 16.2. The van der Waals surface area contributed by atoms with Crippen molar-refractivity contribution in [2.24, 2.45) is 0 Å². The highest BCUT2D eigenvalue weighted by atomic mass is 17.1. The number of hydrogen-bond donors (Lipinski definition) is 2. The van der Waals surface area contributed by atoms with Crippen LogP contribution in [-0.4, -0.2) is 16.3 Å². The van der Waals surface area contributed by atoms with Crippen LogP contribution in [0, 0.1) is 0 Å². The van der Waals surface area contributed by atoms with Gasteiger partial charge in [0.15, 0.2) is 0 Å². The lowest BCUT2D eigenvalue weighted by Gasteiger charge is -2.01. The molecule has 0 rings (SSSR count). The van der Waals surface area contributed by atoms with Crippen molar-refractivity contribution in [3.05, 3.63) is 48.3 Å². The molecule has 0 fully saturated rings. The molecule has 0 bridgehead atoms. The van der Waals surface area contributed by atoms with Crippen molar-refractivity contribution in [2.45, 2.75) is 71.1 Å². The highest BCUT2D eigenvalue weighted by molar-refractivity contribution is 5.66. The van der Waals surface area contributed by atoms with Gasteiger partial charge in [-0.25, -0.2) is 5.26 Å². The normalized spacial score (nSPS) is 12.7. The second-order valence-electron chi connectivity index (χ2n) is 5.63. The quantitative estimate of drug-likeness (QED) is 0.126. The lowest BCUT2D eigenvalue weighted by atomic mass is 10.2. The monoisotopic (exact) mass is 336 g/mol. The van der Waals surface area contributed by atoms with Crippen molar-refractivity contribution < 1.29 is 20.0 Å². The molecule has 0 saturated carbocycles. The Balaban J connectivity index is 3.73. The molecule has 0 aromatic carbocycles. The number of carboxylic acid groups (broad SMARTS) is 1. The van der Waals surface area contributed by atoms with E-state index in [1.165, 1.54) is 25.7 Å². The summed E-state index contributed by atoms with van der Waals surface area (Å²) < 4.78 is 0. The van der Waals surface area contributed by atoms with E-state index in [1.54, 1.807) is 6.08 Å². The summed E-state index contributed by atoms with van der Waals surface area (Å²) in [5, 5.41) is 17.3. The van der Waals surface area contributed by atoms with Gasteiger partial charge in [0, 0.05) is 12.8 Å². The molecule has 136 valence electrons. The zero-order valence-corrected chi connectivity index (χ0v) is 14.8. The SMILES string of the molecule is CCCCC/C=C/C/C=C/C/C=C/C/C=C(/CCCC(=O)O)OO. The van der Waals surface area contributed by atoms with Gasteiger partial charge in [0.05, 0.1) is 0 Å². The number of aliphatic carboxylic acids is 1. The number of allylic oxidation sites excluding steroid dienone is 8. The van der Waals surface area contributed by atoms with E-state index in [9.17, 15) is 4.79 Å². The molecule has 0 aromatic heterocycles. The van der Waals surface area contributed by atoms with Crippen LogP contribution in [-0.2, 0) is 9.68 Å². The van der Waals surface area contributed by atoms with Gasteiger partial charge in [0.25, 0.3) is 0 Å². The standard InChI is InChI=1S/C20H32O4/c1-2-3-4-5-6-7-8-9-10-11-12-13-14-16-19(24-23)17-15-18-20(21)22/h6-7,9-10,12-13,16,23H,2-5,8,11,14-15,17-18H2,1H3,(H,21,22)/b7-6+,10-9+,13-12+,19-16-. The van der Waals surface area contributed by atoms with Gasteiger partial charge in [-0.1, -0.05) is 56.2 Å². The first-order valence-electron chi connectivity index (χ1n) is 8.88. The van der Waals surface area contributed by atoms with Gasteiger partial charge >= 0.3 is 5.97 Å². The fourth-order valence-corrected chi connectivity index (χ4v) is 2.07. The Labute approximate surface area is 146 Å². The molecule has 0 aliphatic rings. The van der Waals surface area contributed by atoms with Gasteiger partial charge < -0.3 is 9.99 Å². The summed E-state index contributed by atoms with van der Waals surface area (Å²) in [6.07, 6.45) is 23.1. The van der Waals surface area contributed by atoms with E-state index in [2.05, 4.69) is 42.2 Å². The molecule has 0 saturated heterocycles. The minimum atomic E-state index is -0.838. The molecular weight excluding hydrogens is 304 g/mol. The number of carbonyl (C=O) groups is 1. The predicted octanol–water partition coefficient (Wildman–Crippen LogP) is 6.03. The molecule has 0 atom stereocenters. The van der Waals surface area contributed by atoms with Crippen molar-refractivity contribution >= 4 is 5.97 Å². The van der Waals surface area contributed by atoms with Crippen LogP contribution in [0.15, 0.2) is 48.3 Å². The van der Waals surface area contributed by atoms with E-state index in [0.29, 0.717) is 25.0 Å². The Hall–Kier alpha value is -1.81. The van der Waals surface area contributed by atoms with Crippen LogP contribution in [0.5, 0.6) is 0 Å². The van der Waals surface area contributed by atoms with E-state index in [1.807, 2.05) is 6.08 Å². The van der Waals surface area contributed by atoms with E-state index < -0.39 is 5.97 Å². The average molecular weight is 336 g/mol. The predicted molar refractivity (Wildman–Crippen MR) is 98.7 cm³/mol. The van der Waals surface area contributed by atoms with Crippen LogP contribution < -0.4 is 0 Å². The summed E-state index contributed by atoms with van der Waals surface area (Å²) in [7, 11) is 0. The van der Waals surface area contributed by atoms with E-state index in [-0.39, 0.29) is 6.42 Å². The van der Waals surface area contributed by atoms with E-state index >= 15 is 0 Å². The number of hydrogen-bond acceptors (Lipinski definition) is 3. The molecule has 0 spiro atoms. The molecule has 4 nitrogen and oxygen atoms in total. The maximum atomic E-state index is 10.4. The van der Waals surface area contributed by atoms with Gasteiger partial charge in [0.2, 0.25) is 0 Å². The van der Waals surface area contributed by atoms with E-state index in [4.69, 9.17) is 10.4 Å². The molecule has 24 heavy (non-hydrogen) atoms. The second kappa shape index (κ2) is 17.5. The summed E-state index contributed by atoms with van der Waals surface area (Å²) in [5.41, 5.74) is 0. The van der Waals surface area contributed by atoms with Crippen LogP contribution in [0.3, 0.4) is 0 Å². The molecule has 0 unspecified atom stereocenters. The van der Waals surface area contributed by atoms with Crippen LogP contribution in [0.25, 0.3) is 0 Å². The summed E-state index contributed by atoms with van der Waals surface area (Å²) >= 11 is 0. The summed E-state index contributed by atoms with van der Waals surface area (Å²) in [4.78, 5) is 14.7. The maximum absolute atomic E-state index is 10.4. The first-order chi connectivity index (χ1) is 11.7. The minimum Gasteiger partial charge on any atom is -0.481 e. The van der Waals surface area contributed by atoms with Crippen molar-refractivity contribution in [1.82, 2.24) is 0 Å². The molecule has 0 aromatic rings. The molecule has 4 heteroatoms.